The number of rotatable bonds is 4. The number of urea groups is 1. The maximum absolute atomic E-state index is 12.9. The minimum Gasteiger partial charge on any atom is -0.323 e. The fourth-order valence-electron chi connectivity index (χ4n) is 6.78. The molecule has 3 aliphatic carbocycles. The second-order valence-corrected chi connectivity index (χ2v) is 12.5. The van der Waals surface area contributed by atoms with Crippen LogP contribution in [0.2, 0.25) is 0 Å². The molecule has 2 aromatic rings. The summed E-state index contributed by atoms with van der Waals surface area (Å²) in [7, 11) is 0. The molecule has 0 bridgehead atoms. The molecule has 2 aromatic heterocycles. The number of halogens is 3. The van der Waals surface area contributed by atoms with Gasteiger partial charge in [-0.1, -0.05) is 0 Å². The number of nitrogens with zero attached hydrogens (tertiary/aromatic N) is 5. The number of thiazole rings is 1. The Bertz CT molecular complexity index is 1110. The number of carbonyl (C=O) groups excluding carboxylic acids is 1. The molecule has 7 nitrogen and oxygen atoms in total. The molecule has 0 aromatic carbocycles. The molecule has 5 aliphatic rings. The fourth-order valence-corrected chi connectivity index (χ4v) is 7.70. The summed E-state index contributed by atoms with van der Waals surface area (Å²) >= 11 is 1.10. The van der Waals surface area contributed by atoms with Gasteiger partial charge >= 0.3 is 12.2 Å². The van der Waals surface area contributed by atoms with Gasteiger partial charge in [0.25, 0.3) is 0 Å². The second kappa shape index (κ2) is 6.95. The summed E-state index contributed by atoms with van der Waals surface area (Å²) < 4.78 is 38.2. The van der Waals surface area contributed by atoms with Crippen LogP contribution >= 0.6 is 11.3 Å². The Kier molecular flexibility index (Phi) is 4.32. The van der Waals surface area contributed by atoms with Crippen molar-refractivity contribution in [1.82, 2.24) is 30.0 Å². The summed E-state index contributed by atoms with van der Waals surface area (Å²) in [5.74, 6) is 3.39. The summed E-state index contributed by atoms with van der Waals surface area (Å²) in [4.78, 5) is 25.2. The van der Waals surface area contributed by atoms with Gasteiger partial charge in [0.2, 0.25) is 0 Å². The predicted octanol–water partition coefficient (Wildman–Crippen LogP) is 4.41. The van der Waals surface area contributed by atoms with Gasteiger partial charge in [-0.15, -0.1) is 11.3 Å². The first-order chi connectivity index (χ1) is 16.2. The molecule has 0 atom stereocenters. The van der Waals surface area contributed by atoms with E-state index in [0.29, 0.717) is 29.2 Å². The Labute approximate surface area is 199 Å². The number of amides is 2. The van der Waals surface area contributed by atoms with Crippen LogP contribution in [0.5, 0.6) is 0 Å². The zero-order chi connectivity index (χ0) is 23.3. The Morgan fingerprint density at radius 2 is 1.68 bits per heavy atom. The van der Waals surface area contributed by atoms with Crippen molar-refractivity contribution in [2.45, 2.75) is 63.0 Å². The van der Waals surface area contributed by atoms with E-state index in [2.05, 4.69) is 15.2 Å². The van der Waals surface area contributed by atoms with Crippen molar-refractivity contribution < 1.29 is 18.0 Å². The summed E-state index contributed by atoms with van der Waals surface area (Å²) in [5, 5.41) is 9.17. The van der Waals surface area contributed by atoms with Crippen molar-refractivity contribution in [3.63, 3.8) is 0 Å². The predicted molar refractivity (Wildman–Crippen MR) is 117 cm³/mol. The summed E-state index contributed by atoms with van der Waals surface area (Å²) in [6.45, 7) is 3.23. The number of likely N-dealkylation sites (tertiary alicyclic amines) is 2. The van der Waals surface area contributed by atoms with E-state index in [1.54, 1.807) is 0 Å². The highest BCUT2D eigenvalue weighted by atomic mass is 32.1. The molecule has 2 spiro atoms. The number of hydrogen-bond donors (Lipinski definition) is 1. The number of aromatic nitrogens is 4. The zero-order valence-electron chi connectivity index (χ0n) is 18.8. The van der Waals surface area contributed by atoms with Crippen molar-refractivity contribution in [3.8, 4) is 0 Å². The Hall–Kier alpha value is -2.17. The first kappa shape index (κ1) is 21.1. The molecule has 7 rings (SSSR count). The number of alkyl halides is 3. The van der Waals surface area contributed by atoms with Gasteiger partial charge in [0.05, 0.1) is 5.01 Å². The molecule has 11 heteroatoms. The van der Waals surface area contributed by atoms with E-state index in [1.165, 1.54) is 12.8 Å². The van der Waals surface area contributed by atoms with Crippen molar-refractivity contribution in [1.29, 1.82) is 0 Å². The lowest BCUT2D eigenvalue weighted by Crippen LogP contribution is -2.70. The third-order valence-electron chi connectivity index (χ3n) is 8.60. The lowest BCUT2D eigenvalue weighted by molar-refractivity contribution is -0.140. The Balaban J connectivity index is 0.844. The molecule has 2 amide bonds. The van der Waals surface area contributed by atoms with E-state index in [-0.39, 0.29) is 16.9 Å². The Morgan fingerprint density at radius 1 is 1.03 bits per heavy atom. The molecule has 34 heavy (non-hydrogen) atoms. The first-order valence-corrected chi connectivity index (χ1v) is 13.1. The normalized spacial score (nSPS) is 25.7. The van der Waals surface area contributed by atoms with Crippen LogP contribution < -0.4 is 0 Å². The van der Waals surface area contributed by atoms with E-state index in [4.69, 9.17) is 4.98 Å². The molecule has 4 heterocycles. The first-order valence-electron chi connectivity index (χ1n) is 12.2. The third-order valence-corrected chi connectivity index (χ3v) is 9.47. The van der Waals surface area contributed by atoms with Crippen molar-refractivity contribution in [2.75, 3.05) is 26.2 Å². The molecule has 2 aliphatic heterocycles. The molecular weight excluding hydrogens is 465 g/mol. The van der Waals surface area contributed by atoms with E-state index >= 15 is 0 Å². The van der Waals surface area contributed by atoms with Gasteiger partial charge in [-0.3, -0.25) is 5.10 Å². The number of nitrogens with one attached hydrogen (secondary N) is 1. The van der Waals surface area contributed by atoms with Crippen LogP contribution in [-0.4, -0.2) is 62.2 Å². The average molecular weight is 493 g/mol. The topological polar surface area (TPSA) is 78.0 Å². The van der Waals surface area contributed by atoms with Crippen LogP contribution in [0.3, 0.4) is 0 Å². The fraction of sp³-hybridized carbons (Fsp3) is 0.739. The molecule has 2 saturated heterocycles. The largest absolute Gasteiger partial charge is 0.434 e. The van der Waals surface area contributed by atoms with E-state index in [0.717, 1.165) is 80.2 Å². The summed E-state index contributed by atoms with van der Waals surface area (Å²) in [6, 6.07) is 0.147. The van der Waals surface area contributed by atoms with Gasteiger partial charge in [-0.2, -0.15) is 18.3 Å². The van der Waals surface area contributed by atoms with Gasteiger partial charge in [-0.25, -0.2) is 14.8 Å². The zero-order valence-corrected chi connectivity index (χ0v) is 19.6. The molecule has 5 fully saturated rings. The van der Waals surface area contributed by atoms with Gasteiger partial charge in [0.1, 0.15) is 5.82 Å². The molecule has 3 saturated carbocycles. The van der Waals surface area contributed by atoms with Crippen LogP contribution in [0, 0.1) is 16.7 Å². The minimum absolute atomic E-state index is 0.147. The van der Waals surface area contributed by atoms with E-state index in [1.807, 2.05) is 9.80 Å². The van der Waals surface area contributed by atoms with Crippen molar-refractivity contribution >= 4 is 17.4 Å². The SMILES string of the molecule is O=C(N1CC2(CC(Cc3nc(C(F)(F)F)cs3)C2)C1)N1CC2(CC(c3nc(C4CC4)n[nH]3)C2)C1. The monoisotopic (exact) mass is 492 g/mol. The van der Waals surface area contributed by atoms with E-state index < -0.39 is 11.9 Å². The smallest absolute Gasteiger partial charge is 0.323 e. The number of H-pyrrole nitrogens is 1. The lowest BCUT2D eigenvalue weighted by Gasteiger charge is -2.63. The molecule has 0 radical (unpaired) electrons. The molecule has 1 N–H and O–H groups in total. The highest BCUT2D eigenvalue weighted by Gasteiger charge is 2.58. The number of carbonyl (C=O) groups is 1. The van der Waals surface area contributed by atoms with Gasteiger partial charge in [0.15, 0.2) is 11.5 Å². The van der Waals surface area contributed by atoms with Crippen LogP contribution in [0.25, 0.3) is 0 Å². The number of hydrogen-bond acceptors (Lipinski definition) is 5. The third kappa shape index (κ3) is 3.45. The van der Waals surface area contributed by atoms with Gasteiger partial charge in [0, 0.05) is 60.6 Å². The maximum atomic E-state index is 12.9. The quantitative estimate of drug-likeness (QED) is 0.686. The average Bonchev–Trinajstić information content (AvgIpc) is 3.19. The Morgan fingerprint density at radius 3 is 2.26 bits per heavy atom. The van der Waals surface area contributed by atoms with Crippen molar-refractivity contribution in [3.05, 3.63) is 27.7 Å². The maximum Gasteiger partial charge on any atom is 0.434 e. The summed E-state index contributed by atoms with van der Waals surface area (Å²) in [6.07, 6.45) is 2.76. The highest BCUT2D eigenvalue weighted by Crippen LogP contribution is 2.57. The van der Waals surface area contributed by atoms with Gasteiger partial charge < -0.3 is 9.80 Å². The van der Waals surface area contributed by atoms with Gasteiger partial charge in [-0.05, 0) is 44.4 Å². The molecule has 182 valence electrons. The second-order valence-electron chi connectivity index (χ2n) is 11.6. The lowest BCUT2D eigenvalue weighted by atomic mass is 9.56. The molecule has 0 unspecified atom stereocenters. The molecular formula is C23H27F3N6OS. The van der Waals surface area contributed by atoms with Crippen LogP contribution in [0.1, 0.15) is 72.7 Å². The van der Waals surface area contributed by atoms with Crippen LogP contribution in [0.15, 0.2) is 5.38 Å². The summed E-state index contributed by atoms with van der Waals surface area (Å²) in [5.41, 5.74) is -0.337. The highest BCUT2D eigenvalue weighted by molar-refractivity contribution is 7.09. The minimum atomic E-state index is -4.37. The number of aromatic amines is 1. The van der Waals surface area contributed by atoms with Crippen LogP contribution in [0.4, 0.5) is 18.0 Å². The van der Waals surface area contributed by atoms with Crippen LogP contribution in [-0.2, 0) is 12.6 Å². The van der Waals surface area contributed by atoms with E-state index in [9.17, 15) is 18.0 Å². The van der Waals surface area contributed by atoms with Crippen molar-refractivity contribution in [2.24, 2.45) is 16.7 Å². The standard InChI is InChI=1S/C23H27F3N6OS/c24-23(25,26)16-8-34-17(27-16)3-13-4-21(5-13)9-31(10-21)20(33)32-11-22(12-32)6-15(7-22)19-28-18(29-30-19)14-1-2-14/h8,13-15H,1-7,9-12H2,(H,28,29,30).